The fourth-order valence-electron chi connectivity index (χ4n) is 2.23. The number of benzene rings is 1. The first-order chi connectivity index (χ1) is 9.90. The number of nitrogens with zero attached hydrogens (tertiary/aromatic N) is 2. The zero-order valence-electron chi connectivity index (χ0n) is 12.7. The lowest BCUT2D eigenvalue weighted by atomic mass is 10.0. The molecule has 4 nitrogen and oxygen atoms in total. The number of carbonyl (C=O) groups is 1. The number of aryl methyl sites for hydroxylation is 2. The third-order valence-corrected chi connectivity index (χ3v) is 3.46. The first kappa shape index (κ1) is 15.2. The van der Waals surface area contributed by atoms with Gasteiger partial charge in [0.15, 0.2) is 0 Å². The summed E-state index contributed by atoms with van der Waals surface area (Å²) in [6.07, 6.45) is 3.51. The topological polar surface area (TPSA) is 46.9 Å². The number of aromatic nitrogens is 2. The summed E-state index contributed by atoms with van der Waals surface area (Å²) < 4.78 is 15.8. The van der Waals surface area contributed by atoms with Crippen molar-refractivity contribution >= 4 is 5.91 Å². The van der Waals surface area contributed by atoms with Gasteiger partial charge in [0.25, 0.3) is 5.91 Å². The van der Waals surface area contributed by atoms with E-state index in [9.17, 15) is 9.18 Å². The van der Waals surface area contributed by atoms with E-state index in [4.69, 9.17) is 0 Å². The summed E-state index contributed by atoms with van der Waals surface area (Å²) in [7, 11) is 1.87. The Balaban J connectivity index is 2.25. The van der Waals surface area contributed by atoms with E-state index < -0.39 is 11.7 Å². The van der Waals surface area contributed by atoms with E-state index in [0.29, 0.717) is 0 Å². The van der Waals surface area contributed by atoms with Crippen molar-refractivity contribution in [3.63, 3.8) is 0 Å². The molecule has 0 fully saturated rings. The average Bonchev–Trinajstić information content (AvgIpc) is 2.81. The van der Waals surface area contributed by atoms with Crippen LogP contribution < -0.4 is 5.32 Å². The molecule has 2 aromatic rings. The maximum atomic E-state index is 13.9. The monoisotopic (exact) mass is 289 g/mol. The van der Waals surface area contributed by atoms with Gasteiger partial charge in [-0.05, 0) is 30.5 Å². The molecule has 0 saturated heterocycles. The SMILES string of the molecule is Cc1ccc(C(=O)N[C@@H](c2nccn2C)C(C)C)c(F)c1. The molecule has 1 atom stereocenters. The molecule has 1 heterocycles. The van der Waals surface area contributed by atoms with Gasteiger partial charge in [-0.2, -0.15) is 0 Å². The van der Waals surface area contributed by atoms with Gasteiger partial charge in [-0.1, -0.05) is 19.9 Å². The van der Waals surface area contributed by atoms with Crippen molar-refractivity contribution in [2.45, 2.75) is 26.8 Å². The lowest BCUT2D eigenvalue weighted by Gasteiger charge is -2.22. The van der Waals surface area contributed by atoms with E-state index in [1.54, 1.807) is 19.2 Å². The van der Waals surface area contributed by atoms with Crippen LogP contribution in [-0.4, -0.2) is 15.5 Å². The summed E-state index contributed by atoms with van der Waals surface area (Å²) in [5.74, 6) is -0.0292. The zero-order chi connectivity index (χ0) is 15.6. The Bertz CT molecular complexity index is 649. The molecule has 0 bridgehead atoms. The maximum Gasteiger partial charge on any atom is 0.254 e. The summed E-state index contributed by atoms with van der Waals surface area (Å²) in [4.78, 5) is 16.6. The van der Waals surface area contributed by atoms with Crippen molar-refractivity contribution in [3.05, 3.63) is 53.4 Å². The van der Waals surface area contributed by atoms with Crippen molar-refractivity contribution in [3.8, 4) is 0 Å². The number of amides is 1. The molecule has 1 aromatic heterocycles. The van der Waals surface area contributed by atoms with Gasteiger partial charge in [-0.25, -0.2) is 9.37 Å². The van der Waals surface area contributed by atoms with Crippen molar-refractivity contribution < 1.29 is 9.18 Å². The smallest absolute Gasteiger partial charge is 0.254 e. The van der Waals surface area contributed by atoms with Gasteiger partial charge in [-0.3, -0.25) is 4.79 Å². The third kappa shape index (κ3) is 3.29. The summed E-state index contributed by atoms with van der Waals surface area (Å²) >= 11 is 0. The molecule has 112 valence electrons. The molecule has 0 aliphatic heterocycles. The highest BCUT2D eigenvalue weighted by molar-refractivity contribution is 5.94. The standard InChI is InChI=1S/C16H20FN3O/c1-10(2)14(15-18-7-8-20(15)4)19-16(21)12-6-5-11(3)9-13(12)17/h5-10,14H,1-4H3,(H,19,21)/t14-/m1/s1. The predicted octanol–water partition coefficient (Wildman–Crippen LogP) is 2.99. The minimum absolute atomic E-state index is 0.0560. The Morgan fingerprint density at radius 2 is 2.10 bits per heavy atom. The largest absolute Gasteiger partial charge is 0.342 e. The van der Waals surface area contributed by atoms with Gasteiger partial charge in [-0.15, -0.1) is 0 Å². The van der Waals surface area contributed by atoms with Gasteiger partial charge in [0.1, 0.15) is 11.6 Å². The molecule has 0 aliphatic rings. The lowest BCUT2D eigenvalue weighted by molar-refractivity contribution is 0.0918. The fourth-order valence-corrected chi connectivity index (χ4v) is 2.23. The first-order valence-corrected chi connectivity index (χ1v) is 6.94. The van der Waals surface area contributed by atoms with Crippen LogP contribution >= 0.6 is 0 Å². The van der Waals surface area contributed by atoms with Gasteiger partial charge < -0.3 is 9.88 Å². The molecule has 1 N–H and O–H groups in total. The van der Waals surface area contributed by atoms with Crippen LogP contribution in [0.2, 0.25) is 0 Å². The summed E-state index contributed by atoms with van der Waals surface area (Å²) in [6.45, 7) is 5.77. The average molecular weight is 289 g/mol. The molecule has 0 saturated carbocycles. The highest BCUT2D eigenvalue weighted by atomic mass is 19.1. The molecular weight excluding hydrogens is 269 g/mol. The van der Waals surface area contributed by atoms with Crippen molar-refractivity contribution in [1.29, 1.82) is 0 Å². The molecule has 2 rings (SSSR count). The van der Waals surface area contributed by atoms with E-state index in [0.717, 1.165) is 11.4 Å². The number of carbonyl (C=O) groups excluding carboxylic acids is 1. The van der Waals surface area contributed by atoms with Crippen molar-refractivity contribution in [2.24, 2.45) is 13.0 Å². The van der Waals surface area contributed by atoms with Crippen LogP contribution in [0.4, 0.5) is 4.39 Å². The van der Waals surface area contributed by atoms with Crippen LogP contribution in [0.1, 0.15) is 41.6 Å². The summed E-state index contributed by atoms with van der Waals surface area (Å²) in [6, 6.07) is 4.33. The summed E-state index contributed by atoms with van der Waals surface area (Å²) in [5, 5.41) is 2.87. The minimum Gasteiger partial charge on any atom is -0.342 e. The Morgan fingerprint density at radius 3 is 2.62 bits per heavy atom. The number of rotatable bonds is 4. The van der Waals surface area contributed by atoms with Gasteiger partial charge in [0, 0.05) is 19.4 Å². The number of imidazole rings is 1. The van der Waals surface area contributed by atoms with Crippen molar-refractivity contribution in [1.82, 2.24) is 14.9 Å². The van der Waals surface area contributed by atoms with E-state index in [1.165, 1.54) is 12.1 Å². The number of hydrogen-bond donors (Lipinski definition) is 1. The quantitative estimate of drug-likeness (QED) is 0.940. The summed E-state index contributed by atoms with van der Waals surface area (Å²) in [5.41, 5.74) is 0.842. The van der Waals surface area contributed by atoms with Gasteiger partial charge >= 0.3 is 0 Å². The van der Waals surface area contributed by atoms with E-state index in [2.05, 4.69) is 10.3 Å². The molecule has 5 heteroatoms. The lowest BCUT2D eigenvalue weighted by Crippen LogP contribution is -2.34. The zero-order valence-corrected chi connectivity index (χ0v) is 12.7. The van der Waals surface area contributed by atoms with Gasteiger partial charge in [0.2, 0.25) is 0 Å². The number of nitrogens with one attached hydrogen (secondary N) is 1. The number of hydrogen-bond acceptors (Lipinski definition) is 2. The predicted molar refractivity (Wildman–Crippen MR) is 79.4 cm³/mol. The fraction of sp³-hybridized carbons (Fsp3) is 0.375. The third-order valence-electron chi connectivity index (χ3n) is 3.46. The Morgan fingerprint density at radius 1 is 1.38 bits per heavy atom. The molecule has 1 aromatic carbocycles. The Hall–Kier alpha value is -2.17. The second kappa shape index (κ2) is 6.08. The minimum atomic E-state index is -0.505. The Labute approximate surface area is 124 Å². The Kier molecular flexibility index (Phi) is 4.40. The van der Waals surface area contributed by atoms with E-state index in [1.807, 2.05) is 31.7 Å². The molecule has 1 amide bonds. The highest BCUT2D eigenvalue weighted by Gasteiger charge is 2.23. The molecule has 0 aliphatic carbocycles. The van der Waals surface area contributed by atoms with Crippen LogP contribution in [0.15, 0.2) is 30.6 Å². The van der Waals surface area contributed by atoms with Gasteiger partial charge in [0.05, 0.1) is 11.6 Å². The van der Waals surface area contributed by atoms with Crippen LogP contribution in [0, 0.1) is 18.7 Å². The van der Waals surface area contributed by atoms with E-state index in [-0.39, 0.29) is 17.5 Å². The van der Waals surface area contributed by atoms with Crippen LogP contribution in [-0.2, 0) is 7.05 Å². The molecular formula is C16H20FN3O. The van der Waals surface area contributed by atoms with E-state index >= 15 is 0 Å². The second-order valence-corrected chi connectivity index (χ2v) is 5.57. The second-order valence-electron chi connectivity index (χ2n) is 5.57. The molecule has 0 spiro atoms. The maximum absolute atomic E-state index is 13.9. The molecule has 0 unspecified atom stereocenters. The van der Waals surface area contributed by atoms with Crippen LogP contribution in [0.5, 0.6) is 0 Å². The number of halogens is 1. The highest BCUT2D eigenvalue weighted by Crippen LogP contribution is 2.21. The molecule has 0 radical (unpaired) electrons. The van der Waals surface area contributed by atoms with Crippen LogP contribution in [0.25, 0.3) is 0 Å². The normalized spacial score (nSPS) is 12.5. The van der Waals surface area contributed by atoms with Crippen molar-refractivity contribution in [2.75, 3.05) is 0 Å². The van der Waals surface area contributed by atoms with Crippen LogP contribution in [0.3, 0.4) is 0 Å². The molecule has 21 heavy (non-hydrogen) atoms. The first-order valence-electron chi connectivity index (χ1n) is 6.94.